The minimum Gasteiger partial charge on any atom is -0.367 e. The number of pyridine rings is 3. The van der Waals surface area contributed by atoms with Crippen molar-refractivity contribution in [2.24, 2.45) is 0 Å². The molecule has 0 amide bonds. The molecule has 2 N–H and O–H groups in total. The van der Waals surface area contributed by atoms with Crippen molar-refractivity contribution in [1.82, 2.24) is 24.1 Å². The molecule has 4 heterocycles. The molecular formula is C24H25N7O. The molecule has 0 aromatic carbocycles. The lowest BCUT2D eigenvalue weighted by Gasteiger charge is -2.15. The van der Waals surface area contributed by atoms with Crippen LogP contribution >= 0.6 is 0 Å². The number of hydrogen-bond donors (Lipinski definition) is 2. The predicted octanol–water partition coefficient (Wildman–Crippen LogP) is 3.60. The maximum Gasteiger partial charge on any atom is 0.255 e. The summed E-state index contributed by atoms with van der Waals surface area (Å²) in [6, 6.07) is 13.9. The second kappa shape index (κ2) is 7.78. The van der Waals surface area contributed by atoms with E-state index >= 15 is 0 Å². The first-order valence-corrected chi connectivity index (χ1v) is 11.2. The van der Waals surface area contributed by atoms with Gasteiger partial charge in [-0.25, -0.2) is 9.50 Å². The Labute approximate surface area is 185 Å². The Bertz CT molecular complexity index is 1310. The van der Waals surface area contributed by atoms with Crippen LogP contribution in [0.25, 0.3) is 11.3 Å². The normalized spacial score (nSPS) is 20.5. The van der Waals surface area contributed by atoms with Gasteiger partial charge in [0.2, 0.25) is 5.95 Å². The van der Waals surface area contributed by atoms with Gasteiger partial charge in [0.05, 0.1) is 11.9 Å². The molecule has 2 fully saturated rings. The second-order valence-electron chi connectivity index (χ2n) is 8.78. The highest BCUT2D eigenvalue weighted by Gasteiger charge is 2.26. The zero-order valence-corrected chi connectivity index (χ0v) is 17.7. The highest BCUT2D eigenvalue weighted by Crippen LogP contribution is 2.40. The molecule has 2 saturated carbocycles. The topological polar surface area (TPSA) is 89.1 Å². The molecule has 6 rings (SSSR count). The highest BCUT2D eigenvalue weighted by atomic mass is 16.1. The SMILES string of the molecule is O=c1ccccn1-c1ccc(N[C@H]2CC[C@H](Nc3nc4cc(C5CC5)ccn4n3)C2)nc1. The first-order chi connectivity index (χ1) is 15.7. The van der Waals surface area contributed by atoms with E-state index in [0.29, 0.717) is 23.9 Å². The molecule has 8 heteroatoms. The van der Waals surface area contributed by atoms with Crippen LogP contribution in [0, 0.1) is 0 Å². The fraction of sp³-hybridized carbons (Fsp3) is 0.333. The van der Waals surface area contributed by atoms with E-state index in [1.165, 1.54) is 18.4 Å². The van der Waals surface area contributed by atoms with Gasteiger partial charge in [0.15, 0.2) is 5.65 Å². The summed E-state index contributed by atoms with van der Waals surface area (Å²) in [5.41, 5.74) is 2.97. The first kappa shape index (κ1) is 19.0. The third-order valence-corrected chi connectivity index (χ3v) is 6.38. The van der Waals surface area contributed by atoms with Gasteiger partial charge in [-0.2, -0.15) is 4.98 Å². The Balaban J connectivity index is 1.08. The summed E-state index contributed by atoms with van der Waals surface area (Å²) in [5.74, 6) is 2.23. The number of nitrogens with one attached hydrogen (secondary N) is 2. The summed E-state index contributed by atoms with van der Waals surface area (Å²) in [6.45, 7) is 0. The molecule has 2 atom stereocenters. The number of aromatic nitrogens is 5. The minimum atomic E-state index is -0.0657. The molecule has 162 valence electrons. The van der Waals surface area contributed by atoms with Crippen LogP contribution in [0.15, 0.2) is 65.8 Å². The number of rotatable bonds is 6. The van der Waals surface area contributed by atoms with Crippen LogP contribution in [0.3, 0.4) is 0 Å². The molecule has 0 aliphatic heterocycles. The number of fused-ring (bicyclic) bond motifs is 1. The molecule has 0 radical (unpaired) electrons. The molecule has 0 bridgehead atoms. The summed E-state index contributed by atoms with van der Waals surface area (Å²) >= 11 is 0. The van der Waals surface area contributed by atoms with Crippen molar-refractivity contribution in [3.05, 3.63) is 77.0 Å². The van der Waals surface area contributed by atoms with E-state index in [1.54, 1.807) is 29.1 Å². The monoisotopic (exact) mass is 427 g/mol. The quantitative estimate of drug-likeness (QED) is 0.489. The van der Waals surface area contributed by atoms with Crippen molar-refractivity contribution >= 4 is 17.4 Å². The summed E-state index contributed by atoms with van der Waals surface area (Å²) in [7, 11) is 0. The molecule has 8 nitrogen and oxygen atoms in total. The molecule has 4 aromatic rings. The van der Waals surface area contributed by atoms with Gasteiger partial charge in [-0.05, 0) is 73.9 Å². The molecule has 32 heavy (non-hydrogen) atoms. The summed E-state index contributed by atoms with van der Waals surface area (Å²) in [6.07, 6.45) is 11.1. The van der Waals surface area contributed by atoms with Crippen LogP contribution in [-0.4, -0.2) is 36.2 Å². The van der Waals surface area contributed by atoms with Crippen molar-refractivity contribution < 1.29 is 0 Å². The highest BCUT2D eigenvalue weighted by molar-refractivity contribution is 5.47. The average molecular weight is 428 g/mol. The van der Waals surface area contributed by atoms with Crippen molar-refractivity contribution in [1.29, 1.82) is 0 Å². The number of anilines is 2. The lowest BCUT2D eigenvalue weighted by atomic mass is 10.2. The van der Waals surface area contributed by atoms with E-state index in [2.05, 4.69) is 37.8 Å². The molecule has 0 spiro atoms. The largest absolute Gasteiger partial charge is 0.367 e. The van der Waals surface area contributed by atoms with Crippen molar-refractivity contribution in [3.8, 4) is 5.69 Å². The van der Waals surface area contributed by atoms with Crippen LogP contribution in [0.4, 0.5) is 11.8 Å². The van der Waals surface area contributed by atoms with Gasteiger partial charge in [-0.3, -0.25) is 9.36 Å². The van der Waals surface area contributed by atoms with Crippen molar-refractivity contribution in [3.63, 3.8) is 0 Å². The van der Waals surface area contributed by atoms with E-state index < -0.39 is 0 Å². The summed E-state index contributed by atoms with van der Waals surface area (Å²) in [4.78, 5) is 21.2. The summed E-state index contributed by atoms with van der Waals surface area (Å²) < 4.78 is 3.43. The van der Waals surface area contributed by atoms with Crippen molar-refractivity contribution in [2.45, 2.75) is 50.1 Å². The summed E-state index contributed by atoms with van der Waals surface area (Å²) in [5, 5.41) is 11.6. The molecule has 2 aliphatic rings. The van der Waals surface area contributed by atoms with Gasteiger partial charge < -0.3 is 10.6 Å². The van der Waals surface area contributed by atoms with E-state index in [-0.39, 0.29) is 5.56 Å². The van der Waals surface area contributed by atoms with Crippen LogP contribution in [0.2, 0.25) is 0 Å². The van der Waals surface area contributed by atoms with E-state index in [9.17, 15) is 4.79 Å². The van der Waals surface area contributed by atoms with Gasteiger partial charge in [0.1, 0.15) is 5.82 Å². The molecule has 0 unspecified atom stereocenters. The van der Waals surface area contributed by atoms with Gasteiger partial charge in [0, 0.05) is 30.5 Å². The Kier molecular flexibility index (Phi) is 4.63. The lowest BCUT2D eigenvalue weighted by molar-refractivity contribution is 0.716. The fourth-order valence-corrected chi connectivity index (χ4v) is 4.52. The molecular weight excluding hydrogens is 402 g/mol. The van der Waals surface area contributed by atoms with Gasteiger partial charge in [-0.15, -0.1) is 5.10 Å². The standard InChI is InChI=1S/C24H25N7O/c32-23-3-1-2-11-30(23)20-8-9-21(25-15-20)26-18-6-7-19(14-18)27-24-28-22-13-17(16-4-5-16)10-12-31(22)29-24/h1-3,8-13,15-16,18-19H,4-7,14H2,(H,25,26)(H,27,29)/t18-,19-/m0/s1. The van der Waals surface area contributed by atoms with Gasteiger partial charge in [0.25, 0.3) is 5.56 Å². The smallest absolute Gasteiger partial charge is 0.255 e. The predicted molar refractivity (Wildman–Crippen MR) is 123 cm³/mol. The first-order valence-electron chi connectivity index (χ1n) is 11.2. The Hall–Kier alpha value is -3.68. The van der Waals surface area contributed by atoms with Crippen LogP contribution in [0.1, 0.15) is 43.6 Å². The van der Waals surface area contributed by atoms with E-state index in [0.717, 1.165) is 36.4 Å². The Morgan fingerprint density at radius 2 is 1.81 bits per heavy atom. The van der Waals surface area contributed by atoms with Gasteiger partial charge >= 0.3 is 0 Å². The van der Waals surface area contributed by atoms with Gasteiger partial charge in [-0.1, -0.05) is 6.07 Å². The van der Waals surface area contributed by atoms with Crippen LogP contribution in [0.5, 0.6) is 0 Å². The zero-order valence-electron chi connectivity index (χ0n) is 17.7. The van der Waals surface area contributed by atoms with Crippen LogP contribution in [-0.2, 0) is 0 Å². The Morgan fingerprint density at radius 1 is 0.938 bits per heavy atom. The van der Waals surface area contributed by atoms with E-state index in [1.807, 2.05) is 28.9 Å². The third kappa shape index (κ3) is 3.84. The minimum absolute atomic E-state index is 0.0657. The third-order valence-electron chi connectivity index (χ3n) is 6.38. The molecule has 0 saturated heterocycles. The van der Waals surface area contributed by atoms with Crippen molar-refractivity contribution in [2.75, 3.05) is 10.6 Å². The number of nitrogens with zero attached hydrogens (tertiary/aromatic N) is 5. The Morgan fingerprint density at radius 3 is 2.59 bits per heavy atom. The zero-order chi connectivity index (χ0) is 21.5. The molecule has 2 aliphatic carbocycles. The maximum atomic E-state index is 12.0. The van der Waals surface area contributed by atoms with E-state index in [4.69, 9.17) is 0 Å². The lowest BCUT2D eigenvalue weighted by Crippen LogP contribution is -2.21. The average Bonchev–Trinajstić information content (AvgIpc) is 3.45. The second-order valence-corrected chi connectivity index (χ2v) is 8.78. The molecule has 4 aromatic heterocycles. The maximum absolute atomic E-state index is 12.0. The van der Waals surface area contributed by atoms with Crippen LogP contribution < -0.4 is 16.2 Å². The number of hydrogen-bond acceptors (Lipinski definition) is 6. The fourth-order valence-electron chi connectivity index (χ4n) is 4.52.